The van der Waals surface area contributed by atoms with Crippen molar-refractivity contribution in [3.05, 3.63) is 12.3 Å². The Morgan fingerprint density at radius 3 is 2.14 bits per heavy atom. The lowest BCUT2D eigenvalue weighted by Gasteiger charge is -2.09. The van der Waals surface area contributed by atoms with E-state index in [4.69, 9.17) is 5.11 Å². The van der Waals surface area contributed by atoms with Gasteiger partial charge in [-0.1, -0.05) is 15.8 Å². The molecule has 0 heterocycles. The number of hydrogen-bond donors (Lipinski definition) is 1. The molecular formula is C4H8FOP. The Morgan fingerprint density at radius 2 is 2.14 bits per heavy atom. The molecular weight excluding hydrogens is 114 g/mol. The van der Waals surface area contributed by atoms with Crippen LogP contribution in [0.25, 0.3) is 0 Å². The highest BCUT2D eigenvalue weighted by Crippen LogP contribution is 2.24. The van der Waals surface area contributed by atoms with Crippen molar-refractivity contribution in [3.63, 3.8) is 0 Å². The van der Waals surface area contributed by atoms with Gasteiger partial charge in [0.25, 0.3) is 0 Å². The zero-order chi connectivity index (χ0) is 6.08. The van der Waals surface area contributed by atoms with Crippen LogP contribution >= 0.6 is 9.24 Å². The quantitative estimate of drug-likeness (QED) is 0.414. The van der Waals surface area contributed by atoms with E-state index in [0.29, 0.717) is 0 Å². The van der Waals surface area contributed by atoms with Gasteiger partial charge in [0.15, 0.2) is 5.41 Å². The Morgan fingerprint density at radius 1 is 2.00 bits per heavy atom. The summed E-state index contributed by atoms with van der Waals surface area (Å²) in [7, 11) is 1.81. The molecule has 0 spiro atoms. The van der Waals surface area contributed by atoms with Crippen molar-refractivity contribution in [3.8, 4) is 0 Å². The third-order valence-electron chi connectivity index (χ3n) is 0.564. The highest BCUT2D eigenvalue weighted by molar-refractivity contribution is 7.19. The second-order valence-corrected chi connectivity index (χ2v) is 2.61. The topological polar surface area (TPSA) is 20.2 Å². The molecule has 2 atom stereocenters. The van der Waals surface area contributed by atoms with Crippen LogP contribution < -0.4 is 0 Å². The second-order valence-electron chi connectivity index (χ2n) is 1.52. The van der Waals surface area contributed by atoms with Gasteiger partial charge in [0, 0.05) is 0 Å². The zero-order valence-electron chi connectivity index (χ0n) is 4.11. The summed E-state index contributed by atoms with van der Waals surface area (Å²) in [4.78, 5) is 0. The zero-order valence-corrected chi connectivity index (χ0v) is 5.26. The molecule has 0 amide bonds. The van der Waals surface area contributed by atoms with E-state index in [0.717, 1.165) is 0 Å². The van der Waals surface area contributed by atoms with Crippen LogP contribution in [-0.2, 0) is 0 Å². The van der Waals surface area contributed by atoms with Gasteiger partial charge >= 0.3 is 0 Å². The van der Waals surface area contributed by atoms with Gasteiger partial charge in [-0.15, -0.1) is 0 Å². The molecule has 0 aromatic heterocycles. The van der Waals surface area contributed by atoms with E-state index in [2.05, 4.69) is 6.58 Å². The molecule has 0 aromatic rings. The van der Waals surface area contributed by atoms with Crippen molar-refractivity contribution in [1.29, 1.82) is 0 Å². The fraction of sp³-hybridized carbons (Fsp3) is 0.500. The average molecular weight is 122 g/mol. The van der Waals surface area contributed by atoms with Crippen molar-refractivity contribution in [2.75, 3.05) is 0 Å². The Hall–Kier alpha value is -0.100. The molecule has 0 rings (SSSR count). The van der Waals surface area contributed by atoms with Gasteiger partial charge in [-0.25, -0.2) is 4.39 Å². The second kappa shape index (κ2) is 1.79. The molecule has 1 N–H and O–H groups in total. The van der Waals surface area contributed by atoms with Gasteiger partial charge < -0.3 is 5.11 Å². The third-order valence-corrected chi connectivity index (χ3v) is 0.897. The van der Waals surface area contributed by atoms with Crippen LogP contribution in [0.4, 0.5) is 4.39 Å². The van der Waals surface area contributed by atoms with Crippen molar-refractivity contribution in [2.45, 2.75) is 12.3 Å². The number of aliphatic hydroxyl groups excluding tert-OH is 1. The summed E-state index contributed by atoms with van der Waals surface area (Å²) < 4.78 is 12.1. The van der Waals surface area contributed by atoms with Crippen LogP contribution in [0.1, 0.15) is 6.92 Å². The summed E-state index contributed by atoms with van der Waals surface area (Å²) in [5.41, 5.74) is 0. The summed E-state index contributed by atoms with van der Waals surface area (Å²) >= 11 is 0. The molecule has 0 aliphatic rings. The minimum Gasteiger partial charge on any atom is -0.509 e. The fourth-order valence-electron chi connectivity index (χ4n) is 0. The molecule has 42 valence electrons. The molecule has 0 radical (unpaired) electrons. The van der Waals surface area contributed by atoms with Crippen molar-refractivity contribution >= 4 is 9.24 Å². The molecule has 0 aliphatic heterocycles. The standard InChI is InChI=1S/C4H8FOP/c1-3(6)4(2,5)7/h6H,1,7H2,2H3/t4-/m0/s1. The molecule has 0 bridgehead atoms. The predicted octanol–water partition coefficient (Wildman–Crippen LogP) is 1.62. The Labute approximate surface area is 44.4 Å². The first-order valence-electron chi connectivity index (χ1n) is 1.80. The van der Waals surface area contributed by atoms with E-state index in [9.17, 15) is 4.39 Å². The minimum absolute atomic E-state index is 0.461. The first kappa shape index (κ1) is 6.90. The molecule has 0 aliphatic carbocycles. The molecule has 1 unspecified atom stereocenters. The highest BCUT2D eigenvalue weighted by Gasteiger charge is 2.18. The lowest BCUT2D eigenvalue weighted by molar-refractivity contribution is 0.248. The van der Waals surface area contributed by atoms with E-state index in [-0.39, 0.29) is 0 Å². The Balaban J connectivity index is 3.79. The highest BCUT2D eigenvalue weighted by atomic mass is 31.0. The maximum atomic E-state index is 12.1. The summed E-state index contributed by atoms with van der Waals surface area (Å²) in [6.45, 7) is 4.19. The van der Waals surface area contributed by atoms with E-state index in [1.54, 1.807) is 0 Å². The van der Waals surface area contributed by atoms with Crippen LogP contribution in [0.2, 0.25) is 0 Å². The molecule has 0 saturated heterocycles. The van der Waals surface area contributed by atoms with Crippen LogP contribution in [0.5, 0.6) is 0 Å². The Bertz CT molecular complexity index is 84.2. The Kier molecular flexibility index (Phi) is 1.76. The van der Waals surface area contributed by atoms with E-state index in [1.165, 1.54) is 6.92 Å². The summed E-state index contributed by atoms with van der Waals surface area (Å²) in [5, 5.41) is 6.58. The fourth-order valence-corrected chi connectivity index (χ4v) is 0. The lowest BCUT2D eigenvalue weighted by atomic mass is 10.4. The first-order valence-corrected chi connectivity index (χ1v) is 2.38. The van der Waals surface area contributed by atoms with Crippen molar-refractivity contribution in [2.24, 2.45) is 0 Å². The largest absolute Gasteiger partial charge is 0.509 e. The van der Waals surface area contributed by atoms with Gasteiger partial charge in [0.2, 0.25) is 0 Å². The molecule has 7 heavy (non-hydrogen) atoms. The first-order chi connectivity index (χ1) is 2.94. The van der Waals surface area contributed by atoms with Crippen molar-refractivity contribution in [1.82, 2.24) is 0 Å². The summed E-state index contributed by atoms with van der Waals surface area (Å²) in [6, 6.07) is 0. The van der Waals surface area contributed by atoms with Crippen LogP contribution in [0.15, 0.2) is 12.3 Å². The van der Waals surface area contributed by atoms with Crippen LogP contribution in [0.3, 0.4) is 0 Å². The minimum atomic E-state index is -1.72. The molecule has 1 nitrogen and oxygen atoms in total. The number of aliphatic hydroxyl groups is 1. The summed E-state index contributed by atoms with van der Waals surface area (Å²) in [5.74, 6) is -0.461. The monoisotopic (exact) mass is 122 g/mol. The number of allylic oxidation sites excluding steroid dienone is 1. The smallest absolute Gasteiger partial charge is 0.176 e. The SMILES string of the molecule is C=C(O)[C@@](C)(F)P. The third kappa shape index (κ3) is 2.58. The average Bonchev–Trinajstić information content (AvgIpc) is 1.31. The van der Waals surface area contributed by atoms with Gasteiger partial charge in [-0.3, -0.25) is 0 Å². The molecule has 3 heteroatoms. The normalized spacial score (nSPS) is 18.1. The van der Waals surface area contributed by atoms with E-state index >= 15 is 0 Å². The van der Waals surface area contributed by atoms with Crippen LogP contribution in [-0.4, -0.2) is 10.5 Å². The number of alkyl halides is 1. The summed E-state index contributed by atoms with van der Waals surface area (Å²) in [6.07, 6.45) is 0. The van der Waals surface area contributed by atoms with Crippen LogP contribution in [0, 0.1) is 0 Å². The lowest BCUT2D eigenvalue weighted by Crippen LogP contribution is -2.08. The number of hydrogen-bond acceptors (Lipinski definition) is 1. The molecule has 0 aromatic carbocycles. The van der Waals surface area contributed by atoms with Gasteiger partial charge in [-0.2, -0.15) is 0 Å². The van der Waals surface area contributed by atoms with E-state index < -0.39 is 11.2 Å². The maximum absolute atomic E-state index is 12.1. The predicted molar refractivity (Wildman–Crippen MR) is 31.0 cm³/mol. The number of halogens is 1. The molecule has 0 saturated carbocycles. The van der Waals surface area contributed by atoms with Gasteiger partial charge in [0.1, 0.15) is 5.76 Å². The van der Waals surface area contributed by atoms with Gasteiger partial charge in [0.05, 0.1) is 0 Å². The van der Waals surface area contributed by atoms with Gasteiger partial charge in [-0.05, 0) is 6.92 Å². The van der Waals surface area contributed by atoms with Crippen molar-refractivity contribution < 1.29 is 9.50 Å². The van der Waals surface area contributed by atoms with E-state index in [1.807, 2.05) is 9.24 Å². The maximum Gasteiger partial charge on any atom is 0.176 e. The molecule has 0 fully saturated rings. The number of rotatable bonds is 1.